The molecule has 0 unspecified atom stereocenters. The fourth-order valence-electron chi connectivity index (χ4n) is 7.28. The molecule has 4 aromatic carbocycles. The summed E-state index contributed by atoms with van der Waals surface area (Å²) < 4.78 is 21.7. The van der Waals surface area contributed by atoms with Crippen LogP contribution in [0.1, 0.15) is 51.7 Å². The highest BCUT2D eigenvalue weighted by Gasteiger charge is 2.60. The summed E-state index contributed by atoms with van der Waals surface area (Å²) in [5, 5.41) is 2.43. The van der Waals surface area contributed by atoms with Crippen LogP contribution in [0, 0.1) is 0 Å². The van der Waals surface area contributed by atoms with E-state index in [0.29, 0.717) is 19.3 Å². The molecule has 2 aliphatic heterocycles. The first-order valence-electron chi connectivity index (χ1n) is 15.8. The van der Waals surface area contributed by atoms with Crippen molar-refractivity contribution in [2.75, 3.05) is 0 Å². The number of nitrogens with zero attached hydrogens (tertiary/aromatic N) is 1. The lowest BCUT2D eigenvalue weighted by Gasteiger charge is -2.47. The van der Waals surface area contributed by atoms with Gasteiger partial charge >= 0.3 is 0 Å². The van der Waals surface area contributed by atoms with Crippen LogP contribution in [0.2, 0.25) is 5.04 Å². The molecule has 4 aromatic rings. The van der Waals surface area contributed by atoms with Crippen molar-refractivity contribution in [3.63, 3.8) is 0 Å². The first-order valence-corrected chi connectivity index (χ1v) is 17.7. The number of hydrogen-bond acceptors (Lipinski definition) is 4. The second-order valence-electron chi connectivity index (χ2n) is 13.1. The Balaban J connectivity index is 1.43. The van der Waals surface area contributed by atoms with Gasteiger partial charge in [0.2, 0.25) is 0 Å². The van der Waals surface area contributed by atoms with Crippen molar-refractivity contribution in [2.24, 2.45) is 0 Å². The molecule has 2 heterocycles. The average Bonchev–Trinajstić information content (AvgIpc) is 3.55. The summed E-state index contributed by atoms with van der Waals surface area (Å²) in [4.78, 5) is 2.60. The molecule has 4 nitrogen and oxygen atoms in total. The zero-order valence-electron chi connectivity index (χ0n) is 25.9. The van der Waals surface area contributed by atoms with Crippen LogP contribution in [0.25, 0.3) is 0 Å². The highest BCUT2D eigenvalue weighted by atomic mass is 28.4. The van der Waals surface area contributed by atoms with Crippen LogP contribution in [0.5, 0.6) is 0 Å². The third kappa shape index (κ3) is 6.02. The fourth-order valence-corrected chi connectivity index (χ4v) is 11.9. The lowest BCUT2D eigenvalue weighted by atomic mass is 10.1. The van der Waals surface area contributed by atoms with Gasteiger partial charge in [-0.15, -0.1) is 0 Å². The zero-order chi connectivity index (χ0) is 29.9. The maximum absolute atomic E-state index is 7.86. The van der Waals surface area contributed by atoms with Crippen LogP contribution in [0.3, 0.4) is 0 Å². The van der Waals surface area contributed by atoms with Gasteiger partial charge in [0, 0.05) is 12.1 Å². The molecule has 2 aliphatic rings. The molecular weight excluding hydrogens is 547 g/mol. The number of ether oxygens (including phenoxy) is 2. The molecule has 0 radical (unpaired) electrons. The van der Waals surface area contributed by atoms with E-state index in [-0.39, 0.29) is 29.5 Å². The first kappa shape index (κ1) is 30.0. The Morgan fingerprint density at radius 2 is 1.07 bits per heavy atom. The minimum atomic E-state index is -2.85. The van der Waals surface area contributed by atoms with Gasteiger partial charge in [0.1, 0.15) is 18.4 Å². The van der Waals surface area contributed by atoms with E-state index < -0.39 is 8.32 Å². The number of hydrogen-bond donors (Lipinski definition) is 0. The average molecular weight is 592 g/mol. The Kier molecular flexibility index (Phi) is 8.99. The lowest BCUT2D eigenvalue weighted by molar-refractivity contribution is -0.114. The van der Waals surface area contributed by atoms with Gasteiger partial charge in [0.15, 0.2) is 0 Å². The molecule has 2 saturated heterocycles. The van der Waals surface area contributed by atoms with E-state index in [1.807, 2.05) is 0 Å². The summed E-state index contributed by atoms with van der Waals surface area (Å²) in [6.45, 7) is 10.5. The quantitative estimate of drug-likeness (QED) is 0.187. The minimum Gasteiger partial charge on any atom is -0.389 e. The molecular formula is C38H45NO3Si. The fraction of sp³-hybridized carbons (Fsp3) is 0.368. The Morgan fingerprint density at radius 1 is 0.628 bits per heavy atom. The Bertz CT molecular complexity index is 1390. The van der Waals surface area contributed by atoms with Gasteiger partial charge < -0.3 is 13.9 Å². The number of benzene rings is 4. The maximum Gasteiger partial charge on any atom is 0.263 e. The SMILES string of the molecule is C[C@H]1CC[C@@H]2[C@@H](OCc3ccccc3)[C@@H](OCc3ccccc3)[C@@H](O[Si](c3ccccc3)(c3ccccc3)C(C)(C)C)N21. The maximum atomic E-state index is 7.86. The molecule has 43 heavy (non-hydrogen) atoms. The molecule has 0 amide bonds. The van der Waals surface area contributed by atoms with E-state index in [1.54, 1.807) is 0 Å². The summed E-state index contributed by atoms with van der Waals surface area (Å²) in [6.07, 6.45) is 1.63. The summed E-state index contributed by atoms with van der Waals surface area (Å²) in [7, 11) is -2.85. The van der Waals surface area contributed by atoms with Crippen molar-refractivity contribution in [3.05, 3.63) is 132 Å². The molecule has 5 atom stereocenters. The lowest BCUT2D eigenvalue weighted by Crippen LogP contribution is -2.69. The van der Waals surface area contributed by atoms with Gasteiger partial charge in [0.25, 0.3) is 8.32 Å². The van der Waals surface area contributed by atoms with Gasteiger partial charge in [-0.25, -0.2) is 0 Å². The second kappa shape index (κ2) is 12.9. The molecule has 0 aliphatic carbocycles. The van der Waals surface area contributed by atoms with Crippen molar-refractivity contribution in [1.29, 1.82) is 0 Å². The van der Waals surface area contributed by atoms with Crippen molar-refractivity contribution in [1.82, 2.24) is 4.90 Å². The smallest absolute Gasteiger partial charge is 0.263 e. The third-order valence-corrected chi connectivity index (χ3v) is 14.3. The number of fused-ring (bicyclic) bond motifs is 1. The molecule has 5 heteroatoms. The van der Waals surface area contributed by atoms with E-state index in [4.69, 9.17) is 13.9 Å². The van der Waals surface area contributed by atoms with E-state index >= 15 is 0 Å². The van der Waals surface area contributed by atoms with Crippen molar-refractivity contribution >= 4 is 18.7 Å². The molecule has 224 valence electrons. The summed E-state index contributed by atoms with van der Waals surface area (Å²) in [6, 6.07) is 43.5. The molecule has 2 fully saturated rings. The first-order chi connectivity index (χ1) is 20.9. The van der Waals surface area contributed by atoms with Gasteiger partial charge in [-0.1, -0.05) is 142 Å². The molecule has 0 saturated carbocycles. The van der Waals surface area contributed by atoms with Gasteiger partial charge in [0.05, 0.1) is 13.2 Å². The summed E-state index contributed by atoms with van der Waals surface area (Å²) in [5.41, 5.74) is 2.34. The van der Waals surface area contributed by atoms with E-state index in [0.717, 1.165) is 18.4 Å². The van der Waals surface area contributed by atoms with Crippen molar-refractivity contribution in [2.45, 2.75) is 89.3 Å². The van der Waals surface area contributed by atoms with Crippen LogP contribution in [0.15, 0.2) is 121 Å². The van der Waals surface area contributed by atoms with Crippen LogP contribution in [0.4, 0.5) is 0 Å². The third-order valence-electron chi connectivity index (χ3n) is 9.33. The Morgan fingerprint density at radius 3 is 1.53 bits per heavy atom. The van der Waals surface area contributed by atoms with E-state index in [2.05, 4.69) is 154 Å². The largest absolute Gasteiger partial charge is 0.389 e. The molecule has 0 bridgehead atoms. The predicted octanol–water partition coefficient (Wildman–Crippen LogP) is 6.93. The standard InChI is InChI=1S/C38H45NO3Si/c1-29-25-26-34-35(40-27-30-17-9-5-10-18-30)36(41-28-31-19-11-6-12-20-31)37(39(29)34)42-43(38(2,3)4,32-21-13-7-14-22-32)33-23-15-8-16-24-33/h5-24,29,34-37H,25-28H2,1-4H3/t29-,34+,35+,36+,37+/m0/s1. The van der Waals surface area contributed by atoms with Crippen molar-refractivity contribution < 1.29 is 13.9 Å². The van der Waals surface area contributed by atoms with E-state index in [1.165, 1.54) is 15.9 Å². The minimum absolute atomic E-state index is 0.0999. The summed E-state index contributed by atoms with van der Waals surface area (Å²) in [5.74, 6) is 0. The Labute approximate surface area is 258 Å². The molecule has 0 aromatic heterocycles. The van der Waals surface area contributed by atoms with Crippen molar-refractivity contribution in [3.8, 4) is 0 Å². The second-order valence-corrected chi connectivity index (χ2v) is 17.4. The number of rotatable bonds is 10. The monoisotopic (exact) mass is 591 g/mol. The topological polar surface area (TPSA) is 30.9 Å². The predicted molar refractivity (Wildman–Crippen MR) is 177 cm³/mol. The van der Waals surface area contributed by atoms with Gasteiger partial charge in [-0.05, 0) is 46.3 Å². The molecule has 0 N–H and O–H groups in total. The zero-order valence-corrected chi connectivity index (χ0v) is 26.9. The highest BCUT2D eigenvalue weighted by molar-refractivity contribution is 6.99. The normalized spacial score (nSPS) is 24.2. The van der Waals surface area contributed by atoms with Crippen LogP contribution in [-0.2, 0) is 27.1 Å². The van der Waals surface area contributed by atoms with Crippen LogP contribution < -0.4 is 10.4 Å². The molecule has 0 spiro atoms. The van der Waals surface area contributed by atoms with Gasteiger partial charge in [-0.2, -0.15) is 0 Å². The van der Waals surface area contributed by atoms with Crippen LogP contribution in [-0.4, -0.2) is 43.7 Å². The Hall–Kier alpha value is -3.06. The van der Waals surface area contributed by atoms with E-state index in [9.17, 15) is 0 Å². The highest BCUT2D eigenvalue weighted by Crippen LogP contribution is 2.45. The van der Waals surface area contributed by atoms with Crippen LogP contribution >= 0.6 is 0 Å². The molecule has 6 rings (SSSR count). The van der Waals surface area contributed by atoms with Gasteiger partial charge in [-0.3, -0.25) is 4.90 Å². The summed E-state index contributed by atoms with van der Waals surface area (Å²) >= 11 is 0.